The summed E-state index contributed by atoms with van der Waals surface area (Å²) in [6.07, 6.45) is -10.6. The van der Waals surface area contributed by atoms with Gasteiger partial charge in [-0.25, -0.2) is 0 Å². The Hall–Kier alpha value is -1.28. The molecule has 0 radical (unpaired) electrons. The fraction of sp³-hybridized carbons (Fsp3) is 0.538. The van der Waals surface area contributed by atoms with Crippen molar-refractivity contribution in [3.63, 3.8) is 0 Å². The zero-order valence-corrected chi connectivity index (χ0v) is 10.9. The standard InChI is InChI=1S/C13H14F6O2/c14-12(15,16)8-20-11(21-9-13(17,18)19)7-6-10-4-2-1-3-5-10/h1-5,11H,6-9H2. The first-order valence-electron chi connectivity index (χ1n) is 6.06. The summed E-state index contributed by atoms with van der Waals surface area (Å²) in [6, 6.07) is 8.62. The van der Waals surface area contributed by atoms with Crippen LogP contribution in [0, 0.1) is 0 Å². The van der Waals surface area contributed by atoms with Gasteiger partial charge in [0.2, 0.25) is 0 Å². The van der Waals surface area contributed by atoms with Crippen molar-refractivity contribution in [3.05, 3.63) is 35.9 Å². The van der Waals surface area contributed by atoms with Gasteiger partial charge in [-0.1, -0.05) is 30.3 Å². The molecule has 1 aromatic carbocycles. The molecule has 1 rings (SSSR count). The van der Waals surface area contributed by atoms with Crippen LogP contribution >= 0.6 is 0 Å². The number of hydrogen-bond donors (Lipinski definition) is 0. The molecule has 0 aromatic heterocycles. The number of halogens is 6. The summed E-state index contributed by atoms with van der Waals surface area (Å²) >= 11 is 0. The molecule has 0 amide bonds. The van der Waals surface area contributed by atoms with Crippen LogP contribution < -0.4 is 0 Å². The van der Waals surface area contributed by atoms with E-state index in [-0.39, 0.29) is 12.8 Å². The fourth-order valence-electron chi connectivity index (χ4n) is 1.52. The van der Waals surface area contributed by atoms with Gasteiger partial charge in [-0.2, -0.15) is 26.3 Å². The van der Waals surface area contributed by atoms with Gasteiger partial charge >= 0.3 is 12.4 Å². The number of hydrogen-bond acceptors (Lipinski definition) is 2. The Labute approximate surface area is 117 Å². The highest BCUT2D eigenvalue weighted by Gasteiger charge is 2.32. The van der Waals surface area contributed by atoms with Gasteiger partial charge < -0.3 is 9.47 Å². The average molecular weight is 316 g/mol. The van der Waals surface area contributed by atoms with E-state index in [4.69, 9.17) is 0 Å². The number of rotatable bonds is 7. The molecule has 1 aromatic rings. The van der Waals surface area contributed by atoms with Crippen LogP contribution in [0.2, 0.25) is 0 Å². The minimum Gasteiger partial charge on any atom is -0.343 e. The molecule has 0 aliphatic rings. The molecule has 21 heavy (non-hydrogen) atoms. The number of benzene rings is 1. The lowest BCUT2D eigenvalue weighted by molar-refractivity contribution is -0.260. The van der Waals surface area contributed by atoms with Gasteiger partial charge in [0.1, 0.15) is 13.2 Å². The SMILES string of the molecule is FC(F)(F)COC(CCc1ccccc1)OCC(F)(F)F. The summed E-state index contributed by atoms with van der Waals surface area (Å²) in [4.78, 5) is 0. The van der Waals surface area contributed by atoms with Gasteiger partial charge in [0.05, 0.1) is 0 Å². The normalized spacial score (nSPS) is 12.9. The molecule has 0 N–H and O–H groups in total. The molecule has 0 spiro atoms. The molecule has 0 bridgehead atoms. The van der Waals surface area contributed by atoms with Crippen molar-refractivity contribution in [2.24, 2.45) is 0 Å². The first-order chi connectivity index (χ1) is 9.66. The highest BCUT2D eigenvalue weighted by atomic mass is 19.4. The van der Waals surface area contributed by atoms with Gasteiger partial charge in [0.25, 0.3) is 0 Å². The Morgan fingerprint density at radius 1 is 0.810 bits per heavy atom. The van der Waals surface area contributed by atoms with E-state index < -0.39 is 31.9 Å². The molecule has 0 aliphatic heterocycles. The lowest BCUT2D eigenvalue weighted by Crippen LogP contribution is -2.29. The van der Waals surface area contributed by atoms with Crippen molar-refractivity contribution in [1.82, 2.24) is 0 Å². The van der Waals surface area contributed by atoms with Crippen molar-refractivity contribution in [2.75, 3.05) is 13.2 Å². The monoisotopic (exact) mass is 316 g/mol. The molecule has 120 valence electrons. The van der Waals surface area contributed by atoms with Crippen LogP contribution in [0.15, 0.2) is 30.3 Å². The van der Waals surface area contributed by atoms with Crippen molar-refractivity contribution >= 4 is 0 Å². The van der Waals surface area contributed by atoms with Crippen LogP contribution in [0.5, 0.6) is 0 Å². The van der Waals surface area contributed by atoms with E-state index in [9.17, 15) is 26.3 Å². The van der Waals surface area contributed by atoms with Gasteiger partial charge in [0, 0.05) is 6.42 Å². The van der Waals surface area contributed by atoms with Crippen LogP contribution in [-0.2, 0) is 15.9 Å². The average Bonchev–Trinajstić information content (AvgIpc) is 2.36. The van der Waals surface area contributed by atoms with Crippen LogP contribution in [0.3, 0.4) is 0 Å². The fourth-order valence-corrected chi connectivity index (χ4v) is 1.52. The summed E-state index contributed by atoms with van der Waals surface area (Å²) in [5.41, 5.74) is 0.772. The van der Waals surface area contributed by atoms with E-state index >= 15 is 0 Å². The molecule has 2 nitrogen and oxygen atoms in total. The summed E-state index contributed by atoms with van der Waals surface area (Å²) in [6.45, 7) is -3.30. The molecule has 0 saturated carbocycles. The van der Waals surface area contributed by atoms with Crippen LogP contribution in [-0.4, -0.2) is 31.9 Å². The Kier molecular flexibility index (Phi) is 6.47. The van der Waals surface area contributed by atoms with Crippen LogP contribution in [0.25, 0.3) is 0 Å². The maximum absolute atomic E-state index is 12.1. The second kappa shape index (κ2) is 7.65. The Bertz CT molecular complexity index is 383. The summed E-state index contributed by atoms with van der Waals surface area (Å²) in [5.74, 6) is 0. The van der Waals surface area contributed by atoms with Crippen molar-refractivity contribution in [1.29, 1.82) is 0 Å². The van der Waals surface area contributed by atoms with Gasteiger partial charge in [0.15, 0.2) is 6.29 Å². The third kappa shape index (κ3) is 9.30. The van der Waals surface area contributed by atoms with Crippen molar-refractivity contribution in [3.8, 4) is 0 Å². The van der Waals surface area contributed by atoms with E-state index in [2.05, 4.69) is 9.47 Å². The van der Waals surface area contributed by atoms with Crippen molar-refractivity contribution < 1.29 is 35.8 Å². The molecular weight excluding hydrogens is 302 g/mol. The number of alkyl halides is 6. The molecule has 0 fully saturated rings. The third-order valence-corrected chi connectivity index (χ3v) is 2.38. The Morgan fingerprint density at radius 3 is 1.71 bits per heavy atom. The molecule has 8 heteroatoms. The first-order valence-corrected chi connectivity index (χ1v) is 6.06. The second-order valence-electron chi connectivity index (χ2n) is 4.31. The number of ether oxygens (including phenoxy) is 2. The number of aryl methyl sites for hydroxylation is 1. The predicted octanol–water partition coefficient (Wildman–Crippen LogP) is 4.10. The van der Waals surface area contributed by atoms with Crippen LogP contribution in [0.4, 0.5) is 26.3 Å². The lowest BCUT2D eigenvalue weighted by Gasteiger charge is -2.20. The highest BCUT2D eigenvalue weighted by Crippen LogP contribution is 2.20. The molecule has 0 heterocycles. The largest absolute Gasteiger partial charge is 0.411 e. The molecule has 0 unspecified atom stereocenters. The molecular formula is C13H14F6O2. The van der Waals surface area contributed by atoms with Crippen LogP contribution in [0.1, 0.15) is 12.0 Å². The predicted molar refractivity (Wildman–Crippen MR) is 62.6 cm³/mol. The minimum absolute atomic E-state index is 0.101. The summed E-state index contributed by atoms with van der Waals surface area (Å²) in [5, 5.41) is 0. The zero-order valence-electron chi connectivity index (χ0n) is 10.9. The molecule has 0 aliphatic carbocycles. The van der Waals surface area contributed by atoms with E-state index in [0.29, 0.717) is 0 Å². The highest BCUT2D eigenvalue weighted by molar-refractivity contribution is 5.14. The van der Waals surface area contributed by atoms with E-state index in [0.717, 1.165) is 5.56 Å². The van der Waals surface area contributed by atoms with Gasteiger partial charge in [-0.15, -0.1) is 0 Å². The van der Waals surface area contributed by atoms with Gasteiger partial charge in [-0.3, -0.25) is 0 Å². The first kappa shape index (κ1) is 17.8. The second-order valence-corrected chi connectivity index (χ2v) is 4.31. The van der Waals surface area contributed by atoms with Crippen molar-refractivity contribution in [2.45, 2.75) is 31.5 Å². The lowest BCUT2D eigenvalue weighted by atomic mass is 10.1. The Balaban J connectivity index is 2.50. The van der Waals surface area contributed by atoms with E-state index in [1.807, 2.05) is 0 Å². The quantitative estimate of drug-likeness (QED) is 0.557. The summed E-state index contributed by atoms with van der Waals surface area (Å²) < 4.78 is 81.1. The minimum atomic E-state index is -4.62. The smallest absolute Gasteiger partial charge is 0.343 e. The topological polar surface area (TPSA) is 18.5 Å². The van der Waals surface area contributed by atoms with E-state index in [1.165, 1.54) is 0 Å². The summed E-state index contributed by atoms with van der Waals surface area (Å²) in [7, 11) is 0. The van der Waals surface area contributed by atoms with Gasteiger partial charge in [-0.05, 0) is 12.0 Å². The molecule has 0 saturated heterocycles. The third-order valence-electron chi connectivity index (χ3n) is 2.38. The zero-order chi connectivity index (χ0) is 15.9. The maximum Gasteiger partial charge on any atom is 0.411 e. The Morgan fingerprint density at radius 2 is 1.29 bits per heavy atom. The molecule has 0 atom stereocenters. The van der Waals surface area contributed by atoms with E-state index in [1.54, 1.807) is 30.3 Å². The maximum atomic E-state index is 12.1.